The van der Waals surface area contributed by atoms with E-state index < -0.39 is 6.10 Å². The van der Waals surface area contributed by atoms with Crippen molar-refractivity contribution in [2.24, 2.45) is 0 Å². The van der Waals surface area contributed by atoms with Crippen molar-refractivity contribution in [2.75, 3.05) is 6.54 Å². The van der Waals surface area contributed by atoms with E-state index in [2.05, 4.69) is 17.2 Å². The fourth-order valence-corrected chi connectivity index (χ4v) is 2.40. The lowest BCUT2D eigenvalue weighted by atomic mass is 10.1. The van der Waals surface area contributed by atoms with Crippen LogP contribution in [0.1, 0.15) is 30.6 Å². The van der Waals surface area contributed by atoms with Crippen LogP contribution in [0.25, 0.3) is 0 Å². The van der Waals surface area contributed by atoms with E-state index in [1.54, 1.807) is 6.20 Å². The summed E-state index contributed by atoms with van der Waals surface area (Å²) in [7, 11) is 0. The van der Waals surface area contributed by atoms with E-state index >= 15 is 0 Å². The first-order valence-corrected chi connectivity index (χ1v) is 7.60. The topological polar surface area (TPSA) is 45.2 Å². The molecule has 0 saturated carbocycles. The van der Waals surface area contributed by atoms with E-state index in [0.717, 1.165) is 24.0 Å². The average Bonchev–Trinajstić information content (AvgIpc) is 2.52. The van der Waals surface area contributed by atoms with Gasteiger partial charge in [-0.2, -0.15) is 0 Å². The Morgan fingerprint density at radius 2 is 1.95 bits per heavy atom. The second kappa shape index (κ2) is 8.13. The lowest BCUT2D eigenvalue weighted by Crippen LogP contribution is -2.30. The molecule has 0 bridgehead atoms. The first-order chi connectivity index (χ1) is 10.2. The van der Waals surface area contributed by atoms with Crippen LogP contribution in [0, 0.1) is 0 Å². The molecule has 2 N–H and O–H groups in total. The van der Waals surface area contributed by atoms with Crippen molar-refractivity contribution in [2.45, 2.75) is 31.9 Å². The summed E-state index contributed by atoms with van der Waals surface area (Å²) in [6, 6.07) is 13.9. The van der Waals surface area contributed by atoms with E-state index in [0.29, 0.717) is 17.7 Å². The Kier molecular flexibility index (Phi) is 6.18. The minimum absolute atomic E-state index is 0.305. The fraction of sp³-hybridized carbons (Fsp3) is 0.353. The number of aryl methyl sites for hydroxylation is 1. The van der Waals surface area contributed by atoms with Crippen LogP contribution in [0.4, 0.5) is 0 Å². The van der Waals surface area contributed by atoms with Gasteiger partial charge in [-0.1, -0.05) is 48.0 Å². The van der Waals surface area contributed by atoms with Gasteiger partial charge in [0, 0.05) is 18.8 Å². The highest BCUT2D eigenvalue weighted by molar-refractivity contribution is 6.30. The summed E-state index contributed by atoms with van der Waals surface area (Å²) in [5, 5.41) is 14.0. The third-order valence-corrected chi connectivity index (χ3v) is 3.87. The normalized spacial score (nSPS) is 13.9. The largest absolute Gasteiger partial charge is 0.387 e. The highest BCUT2D eigenvalue weighted by Crippen LogP contribution is 2.15. The average molecular weight is 305 g/mol. The summed E-state index contributed by atoms with van der Waals surface area (Å²) in [5.74, 6) is 0. The molecule has 3 nitrogen and oxygen atoms in total. The molecule has 1 heterocycles. The Morgan fingerprint density at radius 1 is 1.19 bits per heavy atom. The van der Waals surface area contributed by atoms with Crippen molar-refractivity contribution in [1.29, 1.82) is 0 Å². The first-order valence-electron chi connectivity index (χ1n) is 7.22. The summed E-state index contributed by atoms with van der Waals surface area (Å²) in [4.78, 5) is 4.08. The second-order valence-corrected chi connectivity index (χ2v) is 5.59. The Bertz CT molecular complexity index is 547. The summed E-state index contributed by atoms with van der Waals surface area (Å²) >= 11 is 6.04. The summed E-state index contributed by atoms with van der Waals surface area (Å²) in [6.45, 7) is 2.66. The highest BCUT2D eigenvalue weighted by Gasteiger charge is 2.10. The summed E-state index contributed by atoms with van der Waals surface area (Å²) in [6.07, 6.45) is 3.05. The van der Waals surface area contributed by atoms with E-state index in [4.69, 9.17) is 11.6 Å². The molecule has 0 saturated heterocycles. The number of pyridine rings is 1. The maximum absolute atomic E-state index is 10.1. The van der Waals surface area contributed by atoms with Gasteiger partial charge in [0.15, 0.2) is 0 Å². The molecule has 1 aromatic carbocycles. The molecule has 0 fully saturated rings. The predicted octanol–water partition coefficient (Wildman–Crippen LogP) is 3.38. The number of halogens is 1. The molecule has 1 unspecified atom stereocenters. The van der Waals surface area contributed by atoms with E-state index in [9.17, 15) is 5.11 Å². The van der Waals surface area contributed by atoms with Gasteiger partial charge in [0.1, 0.15) is 5.15 Å². The summed E-state index contributed by atoms with van der Waals surface area (Å²) < 4.78 is 0. The molecule has 0 spiro atoms. The molecule has 21 heavy (non-hydrogen) atoms. The highest BCUT2D eigenvalue weighted by atomic mass is 35.5. The Balaban J connectivity index is 1.75. The molecule has 2 atom stereocenters. The predicted molar refractivity (Wildman–Crippen MR) is 86.4 cm³/mol. The van der Waals surface area contributed by atoms with Gasteiger partial charge < -0.3 is 10.4 Å². The lowest BCUT2D eigenvalue weighted by Gasteiger charge is -2.17. The van der Waals surface area contributed by atoms with E-state index in [1.165, 1.54) is 0 Å². The molecule has 0 aliphatic heterocycles. The van der Waals surface area contributed by atoms with Gasteiger partial charge in [-0.15, -0.1) is 0 Å². The quantitative estimate of drug-likeness (QED) is 0.771. The van der Waals surface area contributed by atoms with Crippen LogP contribution >= 0.6 is 11.6 Å². The first kappa shape index (κ1) is 16.0. The molecule has 0 radical (unpaired) electrons. The second-order valence-electron chi connectivity index (χ2n) is 5.23. The van der Waals surface area contributed by atoms with Crippen molar-refractivity contribution in [3.8, 4) is 0 Å². The van der Waals surface area contributed by atoms with Gasteiger partial charge in [0.2, 0.25) is 0 Å². The standard InChI is InChI=1S/C17H21ClN2O/c1-13(9-10-15-8-5-11-19-17(15)18)20-12-16(21)14-6-3-2-4-7-14/h2-8,11,13,16,20-21H,9-10,12H2,1H3/t13?,16-/m1/s1. The number of aliphatic hydroxyl groups is 1. The minimum atomic E-state index is -0.476. The number of aliphatic hydroxyl groups excluding tert-OH is 1. The number of nitrogens with zero attached hydrogens (tertiary/aromatic N) is 1. The number of hydrogen-bond donors (Lipinski definition) is 2. The van der Waals surface area contributed by atoms with Crippen molar-refractivity contribution in [3.05, 3.63) is 64.9 Å². The van der Waals surface area contributed by atoms with Crippen molar-refractivity contribution in [3.63, 3.8) is 0 Å². The van der Waals surface area contributed by atoms with Crippen LogP contribution in [0.3, 0.4) is 0 Å². The van der Waals surface area contributed by atoms with Gasteiger partial charge in [-0.3, -0.25) is 0 Å². The molecule has 0 amide bonds. The van der Waals surface area contributed by atoms with Crippen LogP contribution in [0.5, 0.6) is 0 Å². The van der Waals surface area contributed by atoms with Gasteiger partial charge >= 0.3 is 0 Å². The van der Waals surface area contributed by atoms with E-state index in [1.807, 2.05) is 42.5 Å². The molecule has 0 aliphatic rings. The van der Waals surface area contributed by atoms with Gasteiger partial charge in [-0.25, -0.2) is 4.98 Å². The molecule has 0 aliphatic carbocycles. The number of hydrogen-bond acceptors (Lipinski definition) is 3. The van der Waals surface area contributed by atoms with Crippen LogP contribution in [0.2, 0.25) is 5.15 Å². The zero-order valence-corrected chi connectivity index (χ0v) is 12.9. The van der Waals surface area contributed by atoms with E-state index in [-0.39, 0.29) is 0 Å². The maximum atomic E-state index is 10.1. The zero-order valence-electron chi connectivity index (χ0n) is 12.2. The molecule has 112 valence electrons. The molecule has 1 aromatic heterocycles. The van der Waals surface area contributed by atoms with Crippen LogP contribution < -0.4 is 5.32 Å². The third-order valence-electron chi connectivity index (χ3n) is 3.53. The Morgan fingerprint density at radius 3 is 2.67 bits per heavy atom. The van der Waals surface area contributed by atoms with Crippen molar-refractivity contribution < 1.29 is 5.11 Å². The Labute approximate surface area is 131 Å². The molecular weight excluding hydrogens is 284 g/mol. The number of rotatable bonds is 7. The number of nitrogens with one attached hydrogen (secondary N) is 1. The SMILES string of the molecule is CC(CCc1cccnc1Cl)NC[C@@H](O)c1ccccc1. The summed E-state index contributed by atoms with van der Waals surface area (Å²) in [5.41, 5.74) is 2.00. The van der Waals surface area contributed by atoms with Gasteiger partial charge in [-0.05, 0) is 37.0 Å². The Hall–Kier alpha value is -1.42. The number of benzene rings is 1. The maximum Gasteiger partial charge on any atom is 0.132 e. The minimum Gasteiger partial charge on any atom is -0.387 e. The van der Waals surface area contributed by atoms with Gasteiger partial charge in [0.05, 0.1) is 6.10 Å². The van der Waals surface area contributed by atoms with Crippen molar-refractivity contribution in [1.82, 2.24) is 10.3 Å². The lowest BCUT2D eigenvalue weighted by molar-refractivity contribution is 0.170. The van der Waals surface area contributed by atoms with Crippen LogP contribution in [-0.4, -0.2) is 22.7 Å². The fourth-order valence-electron chi connectivity index (χ4n) is 2.19. The third kappa shape index (κ3) is 5.12. The monoisotopic (exact) mass is 304 g/mol. The molecule has 2 rings (SSSR count). The molecular formula is C17H21ClN2O. The van der Waals surface area contributed by atoms with Crippen LogP contribution in [-0.2, 0) is 6.42 Å². The zero-order chi connectivity index (χ0) is 15.1. The molecule has 2 aromatic rings. The smallest absolute Gasteiger partial charge is 0.132 e. The van der Waals surface area contributed by atoms with Crippen molar-refractivity contribution >= 4 is 11.6 Å². The van der Waals surface area contributed by atoms with Crippen LogP contribution in [0.15, 0.2) is 48.7 Å². The number of aromatic nitrogens is 1. The molecule has 4 heteroatoms. The van der Waals surface area contributed by atoms with Gasteiger partial charge in [0.25, 0.3) is 0 Å².